The first-order chi connectivity index (χ1) is 9.65. The molecule has 0 atom stereocenters. The molecule has 6 heteroatoms. The first-order valence-electron chi connectivity index (χ1n) is 5.93. The molecule has 2 aromatic rings. The van der Waals surface area contributed by atoms with Crippen molar-refractivity contribution in [2.45, 2.75) is 4.90 Å². The largest absolute Gasteiger partial charge is 0.372 e. The number of aromatic nitrogens is 1. The molecule has 1 heterocycles. The van der Waals surface area contributed by atoms with Gasteiger partial charge in [-0.25, -0.2) is 4.98 Å². The minimum absolute atomic E-state index is 0.233. The Labute approximate surface area is 126 Å². The van der Waals surface area contributed by atoms with E-state index in [1.807, 2.05) is 30.5 Å². The number of para-hydroxylation sites is 1. The van der Waals surface area contributed by atoms with Gasteiger partial charge in [-0.2, -0.15) is 0 Å². The van der Waals surface area contributed by atoms with Crippen LogP contribution in [0.5, 0.6) is 0 Å². The summed E-state index contributed by atoms with van der Waals surface area (Å²) < 4.78 is 0. The van der Waals surface area contributed by atoms with Crippen LogP contribution in [0.1, 0.15) is 10.4 Å². The average molecular weight is 308 g/mol. The van der Waals surface area contributed by atoms with Crippen molar-refractivity contribution in [2.24, 2.45) is 0 Å². The molecule has 0 spiro atoms. The number of benzene rings is 1. The summed E-state index contributed by atoms with van der Waals surface area (Å²) in [6.45, 7) is 0. The number of anilines is 2. The molecule has 0 aliphatic carbocycles. The zero-order valence-electron chi connectivity index (χ0n) is 11.1. The van der Waals surface area contributed by atoms with Crippen LogP contribution in [0.15, 0.2) is 41.4 Å². The summed E-state index contributed by atoms with van der Waals surface area (Å²) in [6.07, 6.45) is 3.46. The van der Waals surface area contributed by atoms with Gasteiger partial charge in [-0.3, -0.25) is 4.79 Å². The molecule has 0 unspecified atom stereocenters. The normalized spacial score (nSPS) is 10.2. The number of carbonyl (C=O) groups is 1. The lowest BCUT2D eigenvalue weighted by Gasteiger charge is -2.10. The number of rotatable bonds is 4. The van der Waals surface area contributed by atoms with E-state index in [1.165, 1.54) is 6.20 Å². The van der Waals surface area contributed by atoms with E-state index in [0.717, 1.165) is 10.6 Å². The Hall–Kier alpha value is -1.72. The van der Waals surface area contributed by atoms with Gasteiger partial charge in [-0.1, -0.05) is 23.7 Å². The predicted octanol–water partition coefficient (Wildman–Crippen LogP) is 3.75. The van der Waals surface area contributed by atoms with Crippen LogP contribution in [0.2, 0.25) is 5.02 Å². The molecule has 20 heavy (non-hydrogen) atoms. The second kappa shape index (κ2) is 6.63. The van der Waals surface area contributed by atoms with E-state index in [9.17, 15) is 4.79 Å². The highest BCUT2D eigenvalue weighted by Gasteiger charge is 2.11. The summed E-state index contributed by atoms with van der Waals surface area (Å²) in [5.74, 6) is 0.316. The van der Waals surface area contributed by atoms with Crippen molar-refractivity contribution < 1.29 is 4.79 Å². The van der Waals surface area contributed by atoms with Gasteiger partial charge >= 0.3 is 0 Å². The Morgan fingerprint density at radius 1 is 1.35 bits per heavy atom. The van der Waals surface area contributed by atoms with Crippen LogP contribution < -0.4 is 10.6 Å². The van der Waals surface area contributed by atoms with E-state index in [2.05, 4.69) is 15.6 Å². The predicted molar refractivity (Wildman–Crippen MR) is 85.0 cm³/mol. The van der Waals surface area contributed by atoms with Gasteiger partial charge in [0, 0.05) is 18.1 Å². The van der Waals surface area contributed by atoms with Crippen LogP contribution in [0.25, 0.3) is 0 Å². The van der Waals surface area contributed by atoms with Gasteiger partial charge in [0.1, 0.15) is 5.82 Å². The number of hydrogen-bond acceptors (Lipinski definition) is 4. The Morgan fingerprint density at radius 2 is 2.10 bits per heavy atom. The summed E-state index contributed by atoms with van der Waals surface area (Å²) >= 11 is 7.60. The third-order valence-corrected chi connectivity index (χ3v) is 3.78. The molecule has 2 N–H and O–H groups in total. The topological polar surface area (TPSA) is 54.0 Å². The molecule has 0 bridgehead atoms. The number of nitrogens with one attached hydrogen (secondary N) is 2. The number of nitrogens with zero attached hydrogens (tertiary/aromatic N) is 1. The fraction of sp³-hybridized carbons (Fsp3) is 0.143. The van der Waals surface area contributed by atoms with Gasteiger partial charge in [0.05, 0.1) is 16.3 Å². The van der Waals surface area contributed by atoms with E-state index in [4.69, 9.17) is 11.6 Å². The second-order valence-electron chi connectivity index (χ2n) is 3.96. The highest BCUT2D eigenvalue weighted by molar-refractivity contribution is 7.98. The molecule has 1 aromatic carbocycles. The molecule has 1 aromatic heterocycles. The van der Waals surface area contributed by atoms with Gasteiger partial charge in [-0.15, -0.1) is 11.8 Å². The zero-order chi connectivity index (χ0) is 14.5. The number of pyridine rings is 1. The van der Waals surface area contributed by atoms with E-state index in [1.54, 1.807) is 24.9 Å². The van der Waals surface area contributed by atoms with Crippen LogP contribution in [0.3, 0.4) is 0 Å². The van der Waals surface area contributed by atoms with Gasteiger partial charge in [0.15, 0.2) is 0 Å². The smallest absolute Gasteiger partial charge is 0.257 e. The van der Waals surface area contributed by atoms with Crippen molar-refractivity contribution in [1.82, 2.24) is 4.98 Å². The number of thioether (sulfide) groups is 1. The first-order valence-corrected chi connectivity index (χ1v) is 7.53. The van der Waals surface area contributed by atoms with Crippen molar-refractivity contribution >= 4 is 40.8 Å². The lowest BCUT2D eigenvalue weighted by molar-refractivity contribution is 0.102. The van der Waals surface area contributed by atoms with E-state index >= 15 is 0 Å². The molecule has 4 nitrogen and oxygen atoms in total. The maximum Gasteiger partial charge on any atom is 0.257 e. The Balaban J connectivity index is 2.22. The highest BCUT2D eigenvalue weighted by Crippen LogP contribution is 2.25. The minimum atomic E-state index is -0.233. The quantitative estimate of drug-likeness (QED) is 0.845. The highest BCUT2D eigenvalue weighted by atomic mass is 35.5. The second-order valence-corrected chi connectivity index (χ2v) is 5.21. The zero-order valence-corrected chi connectivity index (χ0v) is 12.7. The number of carbonyl (C=O) groups excluding carboxylic acids is 1. The van der Waals surface area contributed by atoms with Crippen LogP contribution in [-0.2, 0) is 0 Å². The van der Waals surface area contributed by atoms with Crippen LogP contribution in [0.4, 0.5) is 11.5 Å². The summed E-state index contributed by atoms with van der Waals surface area (Å²) in [7, 11) is 1.72. The summed E-state index contributed by atoms with van der Waals surface area (Å²) in [4.78, 5) is 17.3. The van der Waals surface area contributed by atoms with E-state index in [0.29, 0.717) is 16.4 Å². The van der Waals surface area contributed by atoms with E-state index in [-0.39, 0.29) is 5.91 Å². The van der Waals surface area contributed by atoms with Gasteiger partial charge in [0.2, 0.25) is 0 Å². The van der Waals surface area contributed by atoms with Crippen LogP contribution in [-0.4, -0.2) is 24.2 Å². The van der Waals surface area contributed by atoms with Crippen molar-refractivity contribution in [3.63, 3.8) is 0 Å². The fourth-order valence-corrected chi connectivity index (χ4v) is 2.50. The van der Waals surface area contributed by atoms with Gasteiger partial charge in [0.25, 0.3) is 5.91 Å². The molecule has 0 saturated carbocycles. The van der Waals surface area contributed by atoms with Gasteiger partial charge < -0.3 is 10.6 Å². The third-order valence-electron chi connectivity index (χ3n) is 2.70. The Kier molecular flexibility index (Phi) is 4.87. The molecule has 104 valence electrons. The SMILES string of the molecule is CNc1ncc(C(=O)Nc2ccccc2SC)cc1Cl. The molecule has 0 aliphatic rings. The lowest BCUT2D eigenvalue weighted by atomic mass is 10.2. The Bertz CT molecular complexity index is 634. The lowest BCUT2D eigenvalue weighted by Crippen LogP contribution is -2.13. The molecular weight excluding hydrogens is 294 g/mol. The summed E-state index contributed by atoms with van der Waals surface area (Å²) in [5, 5.41) is 6.13. The molecule has 0 aliphatic heterocycles. The van der Waals surface area contributed by atoms with Crippen molar-refractivity contribution in [3.8, 4) is 0 Å². The number of hydrogen-bond donors (Lipinski definition) is 2. The van der Waals surface area contributed by atoms with Crippen molar-refractivity contribution in [1.29, 1.82) is 0 Å². The first kappa shape index (κ1) is 14.7. The molecule has 0 radical (unpaired) electrons. The van der Waals surface area contributed by atoms with Crippen molar-refractivity contribution in [3.05, 3.63) is 47.1 Å². The number of amides is 1. The van der Waals surface area contributed by atoms with Crippen molar-refractivity contribution in [2.75, 3.05) is 23.9 Å². The maximum absolute atomic E-state index is 12.2. The average Bonchev–Trinajstić information content (AvgIpc) is 2.47. The van der Waals surface area contributed by atoms with E-state index < -0.39 is 0 Å². The van der Waals surface area contributed by atoms with Crippen LogP contribution >= 0.6 is 23.4 Å². The maximum atomic E-state index is 12.2. The number of halogens is 1. The van der Waals surface area contributed by atoms with Crippen LogP contribution in [0, 0.1) is 0 Å². The minimum Gasteiger partial charge on any atom is -0.372 e. The van der Waals surface area contributed by atoms with Gasteiger partial charge in [-0.05, 0) is 24.5 Å². The fourth-order valence-electron chi connectivity index (χ4n) is 1.69. The molecule has 0 saturated heterocycles. The third kappa shape index (κ3) is 3.23. The molecule has 1 amide bonds. The molecular formula is C14H14ClN3OS. The Morgan fingerprint density at radius 3 is 2.75 bits per heavy atom. The molecule has 0 fully saturated rings. The summed E-state index contributed by atoms with van der Waals surface area (Å²) in [5.41, 5.74) is 1.20. The molecule has 2 rings (SSSR count). The summed E-state index contributed by atoms with van der Waals surface area (Å²) in [6, 6.07) is 9.22. The monoisotopic (exact) mass is 307 g/mol. The standard InChI is InChI=1S/C14H14ClN3OS/c1-16-13-10(15)7-9(8-17-13)14(19)18-11-5-3-4-6-12(11)20-2/h3-8H,1-2H3,(H,16,17)(H,18,19).